The van der Waals surface area contributed by atoms with E-state index in [0.29, 0.717) is 0 Å². The van der Waals surface area contributed by atoms with Gasteiger partial charge in [0.25, 0.3) is 0 Å². The SMILES string of the molecule is NC(=O)Oc1cc(OC(N)=O)c(OC(N)=O)cn1. The molecule has 1 aromatic heterocycles. The van der Waals surface area contributed by atoms with Crippen LogP contribution in [0.2, 0.25) is 0 Å². The number of hydrogen-bond donors (Lipinski definition) is 3. The lowest BCUT2D eigenvalue weighted by molar-refractivity contribution is 0.198. The van der Waals surface area contributed by atoms with Gasteiger partial charge >= 0.3 is 18.3 Å². The molecule has 0 unspecified atom stereocenters. The van der Waals surface area contributed by atoms with Gasteiger partial charge in [0.05, 0.1) is 6.20 Å². The second-order valence-corrected chi connectivity index (χ2v) is 2.73. The molecule has 0 radical (unpaired) electrons. The van der Waals surface area contributed by atoms with Gasteiger partial charge in [-0.25, -0.2) is 19.4 Å². The van der Waals surface area contributed by atoms with Crippen LogP contribution in [0.15, 0.2) is 12.3 Å². The zero-order valence-corrected chi connectivity index (χ0v) is 8.78. The number of carbonyl (C=O) groups excluding carboxylic acids is 3. The maximum Gasteiger partial charge on any atom is 0.411 e. The Balaban J connectivity index is 3.06. The van der Waals surface area contributed by atoms with Gasteiger partial charge in [0, 0.05) is 6.07 Å². The Bertz CT molecular complexity index is 502. The normalized spacial score (nSPS) is 9.33. The topological polar surface area (TPSA) is 170 Å². The fourth-order valence-corrected chi connectivity index (χ4v) is 0.938. The van der Waals surface area contributed by atoms with Crippen LogP contribution in [-0.4, -0.2) is 23.3 Å². The van der Waals surface area contributed by atoms with Crippen LogP contribution in [0.5, 0.6) is 17.4 Å². The van der Waals surface area contributed by atoms with Crippen LogP contribution >= 0.6 is 0 Å². The molecular weight excluding hydrogens is 248 g/mol. The molecule has 0 aliphatic heterocycles. The van der Waals surface area contributed by atoms with Gasteiger partial charge in [-0.15, -0.1) is 0 Å². The van der Waals surface area contributed by atoms with Crippen molar-refractivity contribution in [3.63, 3.8) is 0 Å². The quantitative estimate of drug-likeness (QED) is 0.651. The summed E-state index contributed by atoms with van der Waals surface area (Å²) in [6.07, 6.45) is -2.53. The number of rotatable bonds is 3. The van der Waals surface area contributed by atoms with Crippen LogP contribution < -0.4 is 31.4 Å². The molecule has 1 rings (SSSR count). The van der Waals surface area contributed by atoms with E-state index in [-0.39, 0.29) is 17.4 Å². The molecule has 1 heterocycles. The van der Waals surface area contributed by atoms with Gasteiger partial charge in [-0.05, 0) is 0 Å². The summed E-state index contributed by atoms with van der Waals surface area (Å²) in [6.45, 7) is 0. The minimum Gasteiger partial charge on any atom is -0.406 e. The van der Waals surface area contributed by atoms with Crippen molar-refractivity contribution < 1.29 is 28.6 Å². The molecule has 0 atom stereocenters. The molecule has 0 fully saturated rings. The molecule has 0 spiro atoms. The van der Waals surface area contributed by atoms with E-state index in [1.807, 2.05) is 0 Å². The second kappa shape index (κ2) is 5.34. The number of nitrogens with zero attached hydrogens (tertiary/aromatic N) is 1. The molecule has 0 aliphatic carbocycles. The maximum absolute atomic E-state index is 10.6. The van der Waals surface area contributed by atoms with E-state index >= 15 is 0 Å². The highest BCUT2D eigenvalue weighted by Gasteiger charge is 2.14. The van der Waals surface area contributed by atoms with E-state index in [0.717, 1.165) is 12.3 Å². The number of carbonyl (C=O) groups is 3. The summed E-state index contributed by atoms with van der Waals surface area (Å²) < 4.78 is 13.4. The fraction of sp³-hybridized carbons (Fsp3) is 0. The zero-order valence-electron chi connectivity index (χ0n) is 8.78. The van der Waals surface area contributed by atoms with Gasteiger partial charge in [0.1, 0.15) is 0 Å². The number of aromatic nitrogens is 1. The Kier molecular flexibility index (Phi) is 3.86. The zero-order chi connectivity index (χ0) is 13.7. The molecule has 1 aromatic rings. The van der Waals surface area contributed by atoms with E-state index in [2.05, 4.69) is 19.2 Å². The highest BCUT2D eigenvalue weighted by Crippen LogP contribution is 2.29. The molecule has 10 nitrogen and oxygen atoms in total. The highest BCUT2D eigenvalue weighted by molar-refractivity contribution is 5.73. The van der Waals surface area contributed by atoms with Crippen molar-refractivity contribution in [2.24, 2.45) is 17.2 Å². The maximum atomic E-state index is 10.6. The molecule has 96 valence electrons. The van der Waals surface area contributed by atoms with Gasteiger partial charge in [-0.3, -0.25) is 0 Å². The van der Waals surface area contributed by atoms with E-state index in [1.165, 1.54) is 0 Å². The van der Waals surface area contributed by atoms with Crippen molar-refractivity contribution in [2.75, 3.05) is 0 Å². The van der Waals surface area contributed by atoms with Gasteiger partial charge in [0.2, 0.25) is 5.88 Å². The van der Waals surface area contributed by atoms with Crippen molar-refractivity contribution in [1.29, 1.82) is 0 Å². The molecule has 6 N–H and O–H groups in total. The minimum atomic E-state index is -1.18. The molecule has 18 heavy (non-hydrogen) atoms. The Morgan fingerprint density at radius 2 is 1.39 bits per heavy atom. The predicted octanol–water partition coefficient (Wildman–Crippen LogP) is -0.546. The highest BCUT2D eigenvalue weighted by atomic mass is 16.6. The third-order valence-electron chi connectivity index (χ3n) is 1.43. The van der Waals surface area contributed by atoms with Gasteiger partial charge in [-0.2, -0.15) is 0 Å². The molecule has 0 saturated heterocycles. The number of ether oxygens (including phenoxy) is 3. The Labute approximate surface area is 99.6 Å². The van der Waals surface area contributed by atoms with Crippen molar-refractivity contribution in [3.8, 4) is 17.4 Å². The summed E-state index contributed by atoms with van der Waals surface area (Å²) in [4.78, 5) is 35.2. The molecule has 0 aromatic carbocycles. The predicted molar refractivity (Wildman–Crippen MR) is 54.9 cm³/mol. The fourth-order valence-electron chi connectivity index (χ4n) is 0.938. The smallest absolute Gasteiger partial charge is 0.406 e. The Hall–Kier alpha value is -3.04. The summed E-state index contributed by atoms with van der Waals surface area (Å²) >= 11 is 0. The van der Waals surface area contributed by atoms with Gasteiger partial charge in [0.15, 0.2) is 11.5 Å². The van der Waals surface area contributed by atoms with Crippen molar-refractivity contribution in [3.05, 3.63) is 12.3 Å². The monoisotopic (exact) mass is 256 g/mol. The molecule has 3 amide bonds. The average Bonchev–Trinajstić information content (AvgIpc) is 2.19. The first-order valence-corrected chi connectivity index (χ1v) is 4.30. The van der Waals surface area contributed by atoms with Crippen molar-refractivity contribution >= 4 is 18.3 Å². The van der Waals surface area contributed by atoms with Crippen LogP contribution in [0.25, 0.3) is 0 Å². The standard InChI is InChI=1S/C8H8N4O6/c9-6(13)16-3-1-5(18-8(11)15)12-2-4(3)17-7(10)14/h1-2H,(H2,9,13)(H2,10,14)(H2,11,15). The summed E-state index contributed by atoms with van der Waals surface area (Å²) in [6, 6.07) is 0.966. The van der Waals surface area contributed by atoms with Gasteiger partial charge in [-0.1, -0.05) is 0 Å². The lowest BCUT2D eigenvalue weighted by Gasteiger charge is -2.08. The number of hydrogen-bond acceptors (Lipinski definition) is 7. The second-order valence-electron chi connectivity index (χ2n) is 2.73. The summed E-state index contributed by atoms with van der Waals surface area (Å²) in [7, 11) is 0. The van der Waals surface area contributed by atoms with Crippen LogP contribution in [-0.2, 0) is 0 Å². The lowest BCUT2D eigenvalue weighted by atomic mass is 10.4. The first kappa shape index (κ1) is 13.0. The molecular formula is C8H8N4O6. The lowest BCUT2D eigenvalue weighted by Crippen LogP contribution is -2.21. The van der Waals surface area contributed by atoms with E-state index in [9.17, 15) is 14.4 Å². The van der Waals surface area contributed by atoms with Crippen molar-refractivity contribution in [1.82, 2.24) is 4.98 Å². The van der Waals surface area contributed by atoms with E-state index in [1.54, 1.807) is 0 Å². The third-order valence-corrected chi connectivity index (χ3v) is 1.43. The molecule has 0 bridgehead atoms. The Morgan fingerprint density at radius 1 is 0.889 bits per heavy atom. The molecule has 10 heteroatoms. The van der Waals surface area contributed by atoms with Crippen LogP contribution in [0.1, 0.15) is 0 Å². The van der Waals surface area contributed by atoms with E-state index in [4.69, 9.17) is 17.2 Å². The molecule has 0 aliphatic rings. The summed E-state index contributed by atoms with van der Waals surface area (Å²) in [5.74, 6) is -0.874. The summed E-state index contributed by atoms with van der Waals surface area (Å²) in [5, 5.41) is 0. The average molecular weight is 256 g/mol. The minimum absolute atomic E-state index is 0.280. The van der Waals surface area contributed by atoms with Crippen LogP contribution in [0.4, 0.5) is 14.4 Å². The largest absolute Gasteiger partial charge is 0.411 e. The van der Waals surface area contributed by atoms with Crippen LogP contribution in [0, 0.1) is 0 Å². The van der Waals surface area contributed by atoms with Gasteiger partial charge < -0.3 is 31.4 Å². The van der Waals surface area contributed by atoms with Crippen LogP contribution in [0.3, 0.4) is 0 Å². The number of pyridine rings is 1. The number of primary amides is 3. The Morgan fingerprint density at radius 3 is 1.89 bits per heavy atom. The van der Waals surface area contributed by atoms with Crippen molar-refractivity contribution in [2.45, 2.75) is 0 Å². The third kappa shape index (κ3) is 3.84. The number of amides is 3. The number of nitrogens with two attached hydrogens (primary N) is 3. The first-order valence-electron chi connectivity index (χ1n) is 4.30. The summed E-state index contributed by atoms with van der Waals surface area (Å²) in [5.41, 5.74) is 14.3. The molecule has 0 saturated carbocycles. The van der Waals surface area contributed by atoms with E-state index < -0.39 is 18.3 Å². The first-order chi connectivity index (χ1) is 8.38.